The molecule has 3 fully saturated rings. The van der Waals surface area contributed by atoms with E-state index in [1.165, 1.54) is 0 Å². The Bertz CT molecular complexity index is 614. The fourth-order valence-corrected chi connectivity index (χ4v) is 4.46. The molecule has 242 valence electrons. The third kappa shape index (κ3) is 17.1. The van der Waals surface area contributed by atoms with E-state index in [-0.39, 0.29) is 110 Å². The lowest BCUT2D eigenvalue weighted by Crippen LogP contribution is -2.49. The van der Waals surface area contributed by atoms with Gasteiger partial charge in [-0.3, -0.25) is 14.4 Å². The minimum absolute atomic E-state index is 0. The van der Waals surface area contributed by atoms with E-state index in [4.69, 9.17) is 0 Å². The van der Waals surface area contributed by atoms with E-state index >= 15 is 0 Å². The van der Waals surface area contributed by atoms with Gasteiger partial charge in [-0.2, -0.15) is 0 Å². The second kappa shape index (κ2) is 27.7. The second-order valence-corrected chi connectivity index (χ2v) is 9.22. The molecule has 0 aromatic rings. The van der Waals surface area contributed by atoms with Crippen molar-refractivity contribution in [3.05, 3.63) is 0 Å². The predicted octanol–water partition coefficient (Wildman–Crippen LogP) is -1.99. The zero-order valence-corrected chi connectivity index (χ0v) is 27.6. The van der Waals surface area contributed by atoms with Gasteiger partial charge in [-0.1, -0.05) is 0 Å². The van der Waals surface area contributed by atoms with Crippen LogP contribution < -0.4 is 42.5 Å². The van der Waals surface area contributed by atoms with Gasteiger partial charge in [0.25, 0.3) is 0 Å². The molecule has 0 unspecified atom stereocenters. The van der Waals surface area contributed by atoms with Crippen LogP contribution in [-0.4, -0.2) is 127 Å². The molecule has 0 atom stereocenters. The summed E-state index contributed by atoms with van der Waals surface area (Å²) in [5.74, 6) is -0.381. The maximum absolute atomic E-state index is 13.3. The van der Waals surface area contributed by atoms with Crippen molar-refractivity contribution in [3.63, 3.8) is 0 Å². The summed E-state index contributed by atoms with van der Waals surface area (Å²) in [6.07, 6.45) is 0. The maximum Gasteiger partial charge on any atom is 0.228 e. The molecular formula is C22H49Cl6N9O3. The number of hydrogen-bond acceptors (Lipinski definition) is 9. The highest BCUT2D eigenvalue weighted by Gasteiger charge is 2.26. The molecule has 0 bridgehead atoms. The zero-order valence-electron chi connectivity index (χ0n) is 22.7. The molecule has 0 spiro atoms. The molecule has 8 N–H and O–H groups in total. The Morgan fingerprint density at radius 2 is 0.775 bits per heavy atom. The summed E-state index contributed by atoms with van der Waals surface area (Å²) < 4.78 is 0. The molecule has 3 rings (SSSR count). The van der Waals surface area contributed by atoms with Gasteiger partial charge in [-0.25, -0.2) is 0 Å². The summed E-state index contributed by atoms with van der Waals surface area (Å²) in [5.41, 5.74) is 0. The zero-order chi connectivity index (χ0) is 24.0. The third-order valence-electron chi connectivity index (χ3n) is 6.54. The van der Waals surface area contributed by atoms with Crippen LogP contribution in [0.1, 0.15) is 0 Å². The van der Waals surface area contributed by atoms with E-state index in [1.807, 2.05) is 0 Å². The smallest absolute Gasteiger partial charge is 0.228 e. The Morgan fingerprint density at radius 1 is 0.500 bits per heavy atom. The quantitative estimate of drug-likeness (QED) is 0.137. The van der Waals surface area contributed by atoms with Gasteiger partial charge in [0.05, 0.1) is 17.8 Å². The number of nitrogens with zero attached hydrogens (tertiary/aromatic N) is 1. The van der Waals surface area contributed by atoms with Crippen molar-refractivity contribution in [2.75, 3.05) is 105 Å². The molecule has 3 saturated heterocycles. The van der Waals surface area contributed by atoms with E-state index in [0.717, 1.165) is 39.3 Å². The lowest BCUT2D eigenvalue weighted by atomic mass is 10.1. The van der Waals surface area contributed by atoms with Crippen LogP contribution in [0.15, 0.2) is 0 Å². The lowest BCUT2D eigenvalue weighted by Gasteiger charge is -2.28. The van der Waals surface area contributed by atoms with Gasteiger partial charge in [-0.15, -0.1) is 74.4 Å². The lowest BCUT2D eigenvalue weighted by molar-refractivity contribution is -0.136. The van der Waals surface area contributed by atoms with Gasteiger partial charge in [0.2, 0.25) is 17.7 Å². The van der Waals surface area contributed by atoms with Crippen LogP contribution in [-0.2, 0) is 14.4 Å². The Hall–Kier alpha value is -0.0900. The molecule has 3 aliphatic rings. The van der Waals surface area contributed by atoms with E-state index < -0.39 is 0 Å². The summed E-state index contributed by atoms with van der Waals surface area (Å²) in [4.78, 5) is 40.2. The minimum Gasteiger partial charge on any atom is -0.354 e. The third-order valence-corrected chi connectivity index (χ3v) is 6.54. The van der Waals surface area contributed by atoms with Crippen molar-refractivity contribution in [1.29, 1.82) is 0 Å². The van der Waals surface area contributed by atoms with Crippen LogP contribution in [0.25, 0.3) is 0 Å². The molecule has 0 aromatic carbocycles. The van der Waals surface area contributed by atoms with Crippen LogP contribution in [0.4, 0.5) is 0 Å². The second-order valence-electron chi connectivity index (χ2n) is 9.22. The van der Waals surface area contributed by atoms with E-state index in [1.54, 1.807) is 4.90 Å². The van der Waals surface area contributed by atoms with Gasteiger partial charge >= 0.3 is 0 Å². The predicted molar refractivity (Wildman–Crippen MR) is 174 cm³/mol. The average molecular weight is 700 g/mol. The number of nitrogens with one attached hydrogen (secondary N) is 8. The van der Waals surface area contributed by atoms with Gasteiger partial charge < -0.3 is 47.4 Å². The molecule has 3 heterocycles. The first-order chi connectivity index (χ1) is 16.6. The molecule has 0 saturated carbocycles. The summed E-state index contributed by atoms with van der Waals surface area (Å²) in [6.45, 7) is 10.5. The van der Waals surface area contributed by atoms with Crippen LogP contribution in [0.3, 0.4) is 0 Å². The highest BCUT2D eigenvalue weighted by molar-refractivity contribution is 5.86. The first-order valence-corrected chi connectivity index (χ1v) is 12.7. The van der Waals surface area contributed by atoms with E-state index in [9.17, 15) is 14.4 Å². The van der Waals surface area contributed by atoms with E-state index in [0.29, 0.717) is 65.4 Å². The van der Waals surface area contributed by atoms with Crippen molar-refractivity contribution in [2.24, 2.45) is 17.8 Å². The number of carbonyl (C=O) groups excluding carboxylic acids is 3. The largest absolute Gasteiger partial charge is 0.354 e. The van der Waals surface area contributed by atoms with Crippen molar-refractivity contribution in [1.82, 2.24) is 47.4 Å². The Kier molecular flexibility index (Phi) is 32.5. The Labute approximate surface area is 275 Å². The maximum atomic E-state index is 13.3. The first-order valence-electron chi connectivity index (χ1n) is 12.7. The number of rotatable bonds is 9. The average Bonchev–Trinajstić information content (AvgIpc) is 3.39. The molecule has 3 aliphatic heterocycles. The van der Waals surface area contributed by atoms with Gasteiger partial charge in [0.15, 0.2) is 0 Å². The van der Waals surface area contributed by atoms with Crippen molar-refractivity contribution in [3.8, 4) is 0 Å². The van der Waals surface area contributed by atoms with Crippen LogP contribution in [0.5, 0.6) is 0 Å². The van der Waals surface area contributed by atoms with Crippen LogP contribution in [0, 0.1) is 17.8 Å². The van der Waals surface area contributed by atoms with Gasteiger partial charge in [-0.05, 0) is 0 Å². The molecule has 12 nitrogen and oxygen atoms in total. The summed E-state index contributed by atoms with van der Waals surface area (Å²) in [7, 11) is 0. The summed E-state index contributed by atoms with van der Waals surface area (Å²) in [6, 6.07) is 0. The summed E-state index contributed by atoms with van der Waals surface area (Å²) in [5, 5.41) is 25.6. The molecule has 3 amide bonds. The number of halogens is 6. The normalized spacial score (nSPS) is 18.4. The monoisotopic (exact) mass is 697 g/mol. The van der Waals surface area contributed by atoms with Gasteiger partial charge in [0.1, 0.15) is 0 Å². The Balaban J connectivity index is -0.00000108. The standard InChI is InChI=1S/C22H43N9O3.6ClH/c32-20(17-11-23-1-2-24-12-17)29-7-9-31(22(34)19-15-27-5-6-28-16-19)10-8-30-21(33)18-13-25-3-4-26-14-18;;;;;;/h17-19,23-28H,1-16H2,(H,29,32)(H,30,33);6*1H. The SMILES string of the molecule is Cl.Cl.Cl.Cl.Cl.Cl.O=C(NCCN(CCNC(=O)C1CNCCNC1)C(=O)C1CNCCNC1)C1CNCCNC1. The fourth-order valence-electron chi connectivity index (χ4n) is 4.46. The summed E-state index contributed by atoms with van der Waals surface area (Å²) >= 11 is 0. The number of amides is 3. The van der Waals surface area contributed by atoms with Gasteiger partial charge in [0, 0.05) is 105 Å². The van der Waals surface area contributed by atoms with Crippen LogP contribution in [0.2, 0.25) is 0 Å². The fraction of sp³-hybridized carbons (Fsp3) is 0.864. The molecule has 0 aliphatic carbocycles. The number of carbonyl (C=O) groups is 3. The highest BCUT2D eigenvalue weighted by Crippen LogP contribution is 2.04. The molecular weight excluding hydrogens is 651 g/mol. The highest BCUT2D eigenvalue weighted by atomic mass is 35.5. The molecule has 40 heavy (non-hydrogen) atoms. The van der Waals surface area contributed by atoms with Crippen molar-refractivity contribution in [2.45, 2.75) is 0 Å². The van der Waals surface area contributed by atoms with Crippen LogP contribution >= 0.6 is 74.4 Å². The topological polar surface area (TPSA) is 151 Å². The Morgan fingerprint density at radius 3 is 1.07 bits per heavy atom. The first kappa shape index (κ1) is 46.9. The number of hydrogen-bond donors (Lipinski definition) is 8. The van der Waals surface area contributed by atoms with E-state index in [2.05, 4.69) is 42.5 Å². The van der Waals surface area contributed by atoms with Crippen molar-refractivity contribution < 1.29 is 14.4 Å². The van der Waals surface area contributed by atoms with Crippen molar-refractivity contribution >= 4 is 92.2 Å². The molecule has 0 aromatic heterocycles. The molecule has 0 radical (unpaired) electrons. The minimum atomic E-state index is -0.167. The molecule has 18 heteroatoms.